The van der Waals surface area contributed by atoms with E-state index in [-0.39, 0.29) is 12.3 Å². The lowest BCUT2D eigenvalue weighted by Gasteiger charge is -2.08. The van der Waals surface area contributed by atoms with Gasteiger partial charge in [0.25, 0.3) is 0 Å². The van der Waals surface area contributed by atoms with Crippen LogP contribution in [0.4, 0.5) is 11.4 Å². The molecule has 3 aromatic rings. The van der Waals surface area contributed by atoms with Gasteiger partial charge in [-0.2, -0.15) is 5.10 Å². The van der Waals surface area contributed by atoms with Gasteiger partial charge in [0.1, 0.15) is 17.3 Å². The molecule has 0 spiro atoms. The number of anilines is 2. The zero-order chi connectivity index (χ0) is 26.1. The van der Waals surface area contributed by atoms with Crippen LogP contribution in [-0.2, 0) is 25.7 Å². The number of hydrazone groups is 1. The van der Waals surface area contributed by atoms with Crippen molar-refractivity contribution in [1.29, 1.82) is 0 Å². The zero-order valence-corrected chi connectivity index (χ0v) is 19.9. The van der Waals surface area contributed by atoms with E-state index in [2.05, 4.69) is 26.5 Å². The summed E-state index contributed by atoms with van der Waals surface area (Å²) < 4.78 is 10.6. The lowest BCUT2D eigenvalue weighted by molar-refractivity contribution is -0.136. The number of ether oxygens (including phenoxy) is 1. The lowest BCUT2D eigenvalue weighted by atomic mass is 10.1. The maximum atomic E-state index is 12.1. The van der Waals surface area contributed by atoms with Gasteiger partial charge in [-0.1, -0.05) is 18.2 Å². The molecule has 0 aliphatic rings. The van der Waals surface area contributed by atoms with Gasteiger partial charge >= 0.3 is 23.6 Å². The van der Waals surface area contributed by atoms with E-state index < -0.39 is 23.6 Å². The number of furan rings is 1. The Bertz CT molecular complexity index is 1310. The third kappa shape index (κ3) is 7.03. The summed E-state index contributed by atoms with van der Waals surface area (Å²) in [4.78, 5) is 48.2. The molecule has 0 atom stereocenters. The number of rotatable bonds is 7. The van der Waals surface area contributed by atoms with Crippen molar-refractivity contribution in [3.8, 4) is 5.75 Å². The molecule has 36 heavy (non-hydrogen) atoms. The Balaban J connectivity index is 1.45. The molecule has 0 radical (unpaired) electrons. The third-order valence-electron chi connectivity index (χ3n) is 5.00. The van der Waals surface area contributed by atoms with Gasteiger partial charge in [-0.05, 0) is 61.4 Å². The Morgan fingerprint density at radius 3 is 2.39 bits per heavy atom. The molecule has 0 aliphatic carbocycles. The molecule has 11 heteroatoms. The van der Waals surface area contributed by atoms with E-state index in [1.165, 1.54) is 13.3 Å². The molecule has 0 aliphatic heterocycles. The average Bonchev–Trinajstić information content (AvgIpc) is 3.32. The number of benzene rings is 2. The van der Waals surface area contributed by atoms with Gasteiger partial charge in [0, 0.05) is 5.69 Å². The number of carbonyl (C=O) groups is 4. The number of nitrogens with zero attached hydrogens (tertiary/aromatic N) is 1. The van der Waals surface area contributed by atoms with E-state index in [0.717, 1.165) is 11.1 Å². The van der Waals surface area contributed by atoms with Gasteiger partial charge in [-0.3, -0.25) is 19.2 Å². The van der Waals surface area contributed by atoms with Gasteiger partial charge in [0.2, 0.25) is 0 Å². The molecule has 1 aromatic heterocycles. The van der Waals surface area contributed by atoms with E-state index in [9.17, 15) is 19.2 Å². The predicted octanol–water partition coefficient (Wildman–Crippen LogP) is 2.25. The first-order chi connectivity index (χ1) is 17.3. The number of methoxy groups -OCH3 is 1. The smallest absolute Gasteiger partial charge is 0.329 e. The summed E-state index contributed by atoms with van der Waals surface area (Å²) in [6, 6.07) is 15.1. The van der Waals surface area contributed by atoms with Crippen LogP contribution in [0.3, 0.4) is 0 Å². The molecule has 0 unspecified atom stereocenters. The van der Waals surface area contributed by atoms with Crippen LogP contribution >= 0.6 is 0 Å². The Kier molecular flexibility index (Phi) is 8.54. The molecule has 0 saturated heterocycles. The van der Waals surface area contributed by atoms with Crippen LogP contribution in [0, 0.1) is 13.8 Å². The van der Waals surface area contributed by atoms with Crippen molar-refractivity contribution >= 4 is 41.2 Å². The normalized spacial score (nSPS) is 10.5. The molecular formula is C25H25N5O6. The molecule has 2 aromatic carbocycles. The van der Waals surface area contributed by atoms with Gasteiger partial charge in [0.05, 0.1) is 25.6 Å². The fourth-order valence-electron chi connectivity index (χ4n) is 2.95. The van der Waals surface area contributed by atoms with Crippen molar-refractivity contribution in [3.05, 3.63) is 77.2 Å². The van der Waals surface area contributed by atoms with Gasteiger partial charge < -0.3 is 25.1 Å². The van der Waals surface area contributed by atoms with Crippen molar-refractivity contribution in [1.82, 2.24) is 10.7 Å². The van der Waals surface area contributed by atoms with Crippen LogP contribution in [0.5, 0.6) is 5.75 Å². The number of para-hydroxylation sites is 2. The van der Waals surface area contributed by atoms with Crippen molar-refractivity contribution in [3.63, 3.8) is 0 Å². The minimum absolute atomic E-state index is 0.0410. The monoisotopic (exact) mass is 491 g/mol. The quantitative estimate of drug-likeness (QED) is 0.226. The lowest BCUT2D eigenvalue weighted by Crippen LogP contribution is -2.34. The molecule has 11 nitrogen and oxygen atoms in total. The molecule has 0 fully saturated rings. The molecule has 3 rings (SSSR count). The molecule has 186 valence electrons. The van der Waals surface area contributed by atoms with Gasteiger partial charge in [-0.15, -0.1) is 0 Å². The Morgan fingerprint density at radius 1 is 0.889 bits per heavy atom. The first-order valence-electron chi connectivity index (χ1n) is 10.8. The van der Waals surface area contributed by atoms with Crippen LogP contribution in [0.2, 0.25) is 0 Å². The van der Waals surface area contributed by atoms with Crippen molar-refractivity contribution in [2.45, 2.75) is 20.4 Å². The second-order valence-corrected chi connectivity index (χ2v) is 7.59. The Labute approximate surface area is 206 Å². The topological polar surface area (TPSA) is 151 Å². The highest BCUT2D eigenvalue weighted by atomic mass is 16.5. The highest BCUT2D eigenvalue weighted by Gasteiger charge is 2.16. The van der Waals surface area contributed by atoms with Gasteiger partial charge in [0.15, 0.2) is 0 Å². The standard InChI is InChI=1S/C25H25N5O6/c1-15-8-9-17(12-16(15)2)28-23(32)22(31)26-13-18-10-11-19(36-18)14-27-30-25(34)24(33)29-20-6-4-5-7-21(20)35-3/h4-12,14H,13H2,1-3H3,(H,26,31)(H,28,32)(H,29,33)(H,30,34)/b27-14+. The fourth-order valence-corrected chi connectivity index (χ4v) is 2.95. The Hall–Kier alpha value is -4.93. The number of carbonyl (C=O) groups excluding carboxylic acids is 4. The zero-order valence-electron chi connectivity index (χ0n) is 19.9. The summed E-state index contributed by atoms with van der Waals surface area (Å²) in [6.45, 7) is 3.82. The largest absolute Gasteiger partial charge is 0.495 e. The van der Waals surface area contributed by atoms with E-state index in [1.54, 1.807) is 48.5 Å². The van der Waals surface area contributed by atoms with Crippen LogP contribution in [-0.4, -0.2) is 37.0 Å². The first-order valence-corrected chi connectivity index (χ1v) is 10.8. The number of amides is 4. The van der Waals surface area contributed by atoms with Crippen LogP contribution < -0.4 is 26.1 Å². The number of hydrogen-bond acceptors (Lipinski definition) is 7. The van der Waals surface area contributed by atoms with Crippen molar-refractivity contribution in [2.75, 3.05) is 17.7 Å². The SMILES string of the molecule is COc1ccccc1NC(=O)C(=O)N/N=C/c1ccc(CNC(=O)C(=O)Nc2ccc(C)c(C)c2)o1. The molecule has 1 heterocycles. The summed E-state index contributed by atoms with van der Waals surface area (Å²) in [6.07, 6.45) is 1.19. The fraction of sp³-hybridized carbons (Fsp3) is 0.160. The summed E-state index contributed by atoms with van der Waals surface area (Å²) in [5.74, 6) is -2.55. The highest BCUT2D eigenvalue weighted by Crippen LogP contribution is 2.22. The Morgan fingerprint density at radius 2 is 1.64 bits per heavy atom. The van der Waals surface area contributed by atoms with E-state index in [0.29, 0.717) is 22.9 Å². The van der Waals surface area contributed by atoms with Crippen LogP contribution in [0.25, 0.3) is 0 Å². The molecule has 4 amide bonds. The maximum absolute atomic E-state index is 12.1. The minimum atomic E-state index is -0.994. The minimum Gasteiger partial charge on any atom is -0.495 e. The van der Waals surface area contributed by atoms with Crippen LogP contribution in [0.1, 0.15) is 22.6 Å². The summed E-state index contributed by atoms with van der Waals surface area (Å²) >= 11 is 0. The van der Waals surface area contributed by atoms with E-state index in [4.69, 9.17) is 9.15 Å². The molecule has 0 bridgehead atoms. The number of aryl methyl sites for hydroxylation is 2. The van der Waals surface area contributed by atoms with E-state index >= 15 is 0 Å². The predicted molar refractivity (Wildman–Crippen MR) is 132 cm³/mol. The van der Waals surface area contributed by atoms with Crippen LogP contribution in [0.15, 0.2) is 64.1 Å². The molecule has 4 N–H and O–H groups in total. The number of nitrogens with one attached hydrogen (secondary N) is 4. The second-order valence-electron chi connectivity index (χ2n) is 7.59. The molecule has 0 saturated carbocycles. The average molecular weight is 492 g/mol. The summed E-state index contributed by atoms with van der Waals surface area (Å²) in [7, 11) is 1.44. The summed E-state index contributed by atoms with van der Waals surface area (Å²) in [5.41, 5.74) is 5.01. The van der Waals surface area contributed by atoms with Gasteiger partial charge in [-0.25, -0.2) is 5.43 Å². The number of hydrogen-bond donors (Lipinski definition) is 4. The maximum Gasteiger partial charge on any atom is 0.329 e. The van der Waals surface area contributed by atoms with E-state index in [1.807, 2.05) is 19.9 Å². The summed E-state index contributed by atoms with van der Waals surface area (Å²) in [5, 5.41) is 11.1. The first kappa shape index (κ1) is 25.7. The highest BCUT2D eigenvalue weighted by molar-refractivity contribution is 6.40. The third-order valence-corrected chi connectivity index (χ3v) is 5.00. The second kappa shape index (κ2) is 12.0. The van der Waals surface area contributed by atoms with Crippen molar-refractivity contribution < 1.29 is 28.3 Å². The van der Waals surface area contributed by atoms with Crippen molar-refractivity contribution in [2.24, 2.45) is 5.10 Å². The molecular weight excluding hydrogens is 466 g/mol.